The molecule has 1 N–H and O–H groups in total. The van der Waals surface area contributed by atoms with E-state index in [1.807, 2.05) is 0 Å². The Hall–Kier alpha value is -2.43. The molecule has 0 spiro atoms. The van der Waals surface area contributed by atoms with Crippen molar-refractivity contribution in [2.75, 3.05) is 7.11 Å². The van der Waals surface area contributed by atoms with Gasteiger partial charge in [0.05, 0.1) is 13.0 Å². The second-order valence-corrected chi connectivity index (χ2v) is 4.71. The Labute approximate surface area is 122 Å². The summed E-state index contributed by atoms with van der Waals surface area (Å²) < 4.78 is 18.8. The van der Waals surface area contributed by atoms with Crippen molar-refractivity contribution in [2.45, 2.75) is 12.8 Å². The minimum atomic E-state index is -0.968. The number of carboxylic acid groups (broad SMARTS) is 1. The van der Waals surface area contributed by atoms with Crippen LogP contribution >= 0.6 is 0 Å². The van der Waals surface area contributed by atoms with Crippen LogP contribution in [0.25, 0.3) is 0 Å². The number of hydrogen-bond acceptors (Lipinski definition) is 3. The summed E-state index contributed by atoms with van der Waals surface area (Å²) in [6.07, 6.45) is 1.94. The number of pyridine rings is 1. The summed E-state index contributed by atoms with van der Waals surface area (Å²) in [5.74, 6) is -1.69. The van der Waals surface area contributed by atoms with Crippen molar-refractivity contribution >= 4 is 5.97 Å². The molecule has 0 aliphatic carbocycles. The summed E-state index contributed by atoms with van der Waals surface area (Å²) in [5.41, 5.74) is 1.09. The number of aromatic nitrogens is 1. The van der Waals surface area contributed by atoms with Crippen LogP contribution in [0.5, 0.6) is 5.88 Å². The Bertz CT molecular complexity index is 630. The first-order valence-corrected chi connectivity index (χ1v) is 6.56. The number of halogens is 1. The number of aliphatic carboxylic acids is 1. The average molecular weight is 289 g/mol. The molecular formula is C16H16FNO3. The lowest BCUT2D eigenvalue weighted by Gasteiger charge is -2.14. The number of hydrogen-bond donors (Lipinski definition) is 1. The lowest BCUT2D eigenvalue weighted by atomic mass is 9.93. The van der Waals surface area contributed by atoms with Gasteiger partial charge in [0.2, 0.25) is 5.88 Å². The summed E-state index contributed by atoms with van der Waals surface area (Å²) in [4.78, 5) is 15.5. The van der Waals surface area contributed by atoms with Crippen molar-refractivity contribution in [1.29, 1.82) is 0 Å². The summed E-state index contributed by atoms with van der Waals surface area (Å²) in [7, 11) is 1.48. The van der Waals surface area contributed by atoms with Crippen molar-refractivity contribution in [3.05, 3.63) is 59.5 Å². The molecule has 5 heteroatoms. The van der Waals surface area contributed by atoms with Gasteiger partial charge in [-0.25, -0.2) is 9.37 Å². The number of benzene rings is 1. The van der Waals surface area contributed by atoms with Crippen LogP contribution in [0.15, 0.2) is 42.6 Å². The van der Waals surface area contributed by atoms with Crippen LogP contribution in [0.1, 0.15) is 11.1 Å². The molecule has 1 atom stereocenters. The summed E-state index contributed by atoms with van der Waals surface area (Å²) in [6.45, 7) is 0. The summed E-state index contributed by atoms with van der Waals surface area (Å²) in [5, 5.41) is 9.37. The molecule has 0 fully saturated rings. The first-order valence-electron chi connectivity index (χ1n) is 6.56. The number of methoxy groups -OCH3 is 1. The molecule has 1 heterocycles. The topological polar surface area (TPSA) is 59.4 Å². The number of nitrogens with zero attached hydrogens (tertiary/aromatic N) is 1. The van der Waals surface area contributed by atoms with E-state index < -0.39 is 11.9 Å². The SMILES string of the molecule is COc1ncccc1CC(Cc1ccccc1F)C(=O)O. The van der Waals surface area contributed by atoms with Gasteiger partial charge in [0.1, 0.15) is 5.82 Å². The third-order valence-electron chi connectivity index (χ3n) is 3.28. The Morgan fingerprint density at radius 3 is 2.57 bits per heavy atom. The normalized spacial score (nSPS) is 11.9. The van der Waals surface area contributed by atoms with Gasteiger partial charge in [-0.05, 0) is 30.5 Å². The van der Waals surface area contributed by atoms with Crippen LogP contribution < -0.4 is 4.74 Å². The van der Waals surface area contributed by atoms with Crippen molar-refractivity contribution < 1.29 is 19.0 Å². The van der Waals surface area contributed by atoms with Crippen LogP contribution in [0.3, 0.4) is 0 Å². The molecule has 110 valence electrons. The zero-order valence-corrected chi connectivity index (χ0v) is 11.6. The molecule has 1 unspecified atom stereocenters. The van der Waals surface area contributed by atoms with E-state index >= 15 is 0 Å². The Balaban J connectivity index is 2.20. The molecular weight excluding hydrogens is 273 g/mol. The van der Waals surface area contributed by atoms with E-state index in [0.717, 1.165) is 0 Å². The maximum absolute atomic E-state index is 13.7. The average Bonchev–Trinajstić information content (AvgIpc) is 2.49. The summed E-state index contributed by atoms with van der Waals surface area (Å²) >= 11 is 0. The van der Waals surface area contributed by atoms with Crippen molar-refractivity contribution in [2.24, 2.45) is 5.92 Å². The molecule has 0 aliphatic rings. The van der Waals surface area contributed by atoms with Gasteiger partial charge in [0.15, 0.2) is 0 Å². The fourth-order valence-electron chi connectivity index (χ4n) is 2.20. The molecule has 2 aromatic rings. The van der Waals surface area contributed by atoms with Crippen LogP contribution in [0.4, 0.5) is 4.39 Å². The number of carboxylic acids is 1. The van der Waals surface area contributed by atoms with Crippen molar-refractivity contribution in [3.8, 4) is 5.88 Å². The van der Waals surface area contributed by atoms with Gasteiger partial charge in [-0.1, -0.05) is 24.3 Å². The van der Waals surface area contributed by atoms with Crippen LogP contribution in [-0.4, -0.2) is 23.2 Å². The molecule has 1 aromatic carbocycles. The van der Waals surface area contributed by atoms with Gasteiger partial charge in [0, 0.05) is 11.8 Å². The number of ether oxygens (including phenoxy) is 1. The third kappa shape index (κ3) is 3.78. The smallest absolute Gasteiger partial charge is 0.307 e. The standard InChI is InChI=1S/C16H16FNO3/c1-21-15-12(6-4-8-18-15)10-13(16(19)20)9-11-5-2-3-7-14(11)17/h2-8,13H,9-10H2,1H3,(H,19,20). The Kier molecular flexibility index (Phi) is 4.87. The Morgan fingerprint density at radius 2 is 1.90 bits per heavy atom. The number of rotatable bonds is 6. The molecule has 0 aliphatic heterocycles. The van der Waals surface area contributed by atoms with Gasteiger partial charge in [-0.2, -0.15) is 0 Å². The van der Waals surface area contributed by atoms with E-state index in [0.29, 0.717) is 17.0 Å². The van der Waals surface area contributed by atoms with E-state index in [4.69, 9.17) is 4.74 Å². The quantitative estimate of drug-likeness (QED) is 0.888. The fourth-order valence-corrected chi connectivity index (χ4v) is 2.20. The maximum Gasteiger partial charge on any atom is 0.307 e. The minimum absolute atomic E-state index is 0.125. The largest absolute Gasteiger partial charge is 0.481 e. The highest BCUT2D eigenvalue weighted by atomic mass is 19.1. The predicted molar refractivity (Wildman–Crippen MR) is 75.7 cm³/mol. The van der Waals surface area contributed by atoms with E-state index in [9.17, 15) is 14.3 Å². The van der Waals surface area contributed by atoms with Gasteiger partial charge >= 0.3 is 5.97 Å². The molecule has 0 saturated carbocycles. The molecule has 0 bridgehead atoms. The molecule has 2 rings (SSSR count). The van der Waals surface area contributed by atoms with Crippen LogP contribution in [0.2, 0.25) is 0 Å². The van der Waals surface area contributed by atoms with E-state index in [1.165, 1.54) is 13.2 Å². The third-order valence-corrected chi connectivity index (χ3v) is 3.28. The number of carbonyl (C=O) groups is 1. The fraction of sp³-hybridized carbons (Fsp3) is 0.250. The lowest BCUT2D eigenvalue weighted by molar-refractivity contribution is -0.141. The predicted octanol–water partition coefficient (Wildman–Crippen LogP) is 2.72. The van der Waals surface area contributed by atoms with Gasteiger partial charge < -0.3 is 9.84 Å². The van der Waals surface area contributed by atoms with Gasteiger partial charge in [0.25, 0.3) is 0 Å². The highest BCUT2D eigenvalue weighted by molar-refractivity contribution is 5.71. The second kappa shape index (κ2) is 6.83. The van der Waals surface area contributed by atoms with E-state index in [-0.39, 0.29) is 18.7 Å². The highest BCUT2D eigenvalue weighted by Gasteiger charge is 2.22. The zero-order valence-electron chi connectivity index (χ0n) is 11.6. The lowest BCUT2D eigenvalue weighted by Crippen LogP contribution is -2.20. The molecule has 0 amide bonds. The van der Waals surface area contributed by atoms with Crippen LogP contribution in [-0.2, 0) is 17.6 Å². The molecule has 1 aromatic heterocycles. The molecule has 4 nitrogen and oxygen atoms in total. The van der Waals surface area contributed by atoms with Gasteiger partial charge in [-0.15, -0.1) is 0 Å². The molecule has 0 saturated heterocycles. The second-order valence-electron chi connectivity index (χ2n) is 4.71. The van der Waals surface area contributed by atoms with E-state index in [1.54, 1.807) is 36.5 Å². The minimum Gasteiger partial charge on any atom is -0.481 e. The first kappa shape index (κ1) is 15.0. The van der Waals surface area contributed by atoms with E-state index in [2.05, 4.69) is 4.98 Å². The van der Waals surface area contributed by atoms with Gasteiger partial charge in [-0.3, -0.25) is 4.79 Å². The highest BCUT2D eigenvalue weighted by Crippen LogP contribution is 2.22. The van der Waals surface area contributed by atoms with Crippen molar-refractivity contribution in [3.63, 3.8) is 0 Å². The first-order chi connectivity index (χ1) is 10.1. The zero-order chi connectivity index (χ0) is 15.2. The van der Waals surface area contributed by atoms with Crippen LogP contribution in [0, 0.1) is 11.7 Å². The Morgan fingerprint density at radius 1 is 1.24 bits per heavy atom. The van der Waals surface area contributed by atoms with Crippen molar-refractivity contribution in [1.82, 2.24) is 4.98 Å². The maximum atomic E-state index is 13.7. The molecule has 0 radical (unpaired) electrons. The summed E-state index contributed by atoms with van der Waals surface area (Å²) in [6, 6.07) is 9.70. The molecule has 21 heavy (non-hydrogen) atoms. The monoisotopic (exact) mass is 289 g/mol.